The van der Waals surface area contributed by atoms with Crippen molar-refractivity contribution in [3.63, 3.8) is 0 Å². The summed E-state index contributed by atoms with van der Waals surface area (Å²) in [6.45, 7) is 9.07. The molecule has 3 aliphatic rings. The molecule has 0 aromatic carbocycles. The van der Waals surface area contributed by atoms with E-state index in [2.05, 4.69) is 31.9 Å². The second-order valence-electron chi connectivity index (χ2n) is 8.92. The van der Waals surface area contributed by atoms with E-state index in [0.29, 0.717) is 17.6 Å². The van der Waals surface area contributed by atoms with Crippen molar-refractivity contribution in [2.45, 2.75) is 38.6 Å². The number of hydrogen-bond acceptors (Lipinski definition) is 5. The number of likely N-dealkylation sites (tertiary alicyclic amines) is 2. The van der Waals surface area contributed by atoms with Gasteiger partial charge in [-0.1, -0.05) is 0 Å². The molecule has 3 aliphatic heterocycles. The fourth-order valence-corrected chi connectivity index (χ4v) is 4.95. The van der Waals surface area contributed by atoms with E-state index < -0.39 is 0 Å². The summed E-state index contributed by atoms with van der Waals surface area (Å²) in [7, 11) is 2.12. The van der Waals surface area contributed by atoms with Crippen molar-refractivity contribution in [1.29, 1.82) is 0 Å². The van der Waals surface area contributed by atoms with Crippen molar-refractivity contribution in [2.24, 2.45) is 5.92 Å². The summed E-state index contributed by atoms with van der Waals surface area (Å²) in [5.41, 5.74) is 1.42. The molecular formula is C21H34N6O2. The number of carbonyl (C=O) groups excluding carboxylic acids is 2. The summed E-state index contributed by atoms with van der Waals surface area (Å²) in [5.74, 6) is 0.512. The van der Waals surface area contributed by atoms with Gasteiger partial charge in [-0.15, -0.1) is 0 Å². The number of amides is 2. The van der Waals surface area contributed by atoms with Gasteiger partial charge in [0.2, 0.25) is 5.91 Å². The maximum absolute atomic E-state index is 13.0. The zero-order valence-electron chi connectivity index (χ0n) is 17.8. The quantitative estimate of drug-likeness (QED) is 0.810. The normalized spacial score (nSPS) is 25.4. The third kappa shape index (κ3) is 4.64. The van der Waals surface area contributed by atoms with Crippen LogP contribution < -0.4 is 0 Å². The lowest BCUT2D eigenvalue weighted by Crippen LogP contribution is -2.54. The molecule has 0 bridgehead atoms. The van der Waals surface area contributed by atoms with Gasteiger partial charge in [0.05, 0.1) is 5.92 Å². The molecule has 1 atom stereocenters. The molecule has 4 heterocycles. The van der Waals surface area contributed by atoms with Crippen LogP contribution in [-0.4, -0.2) is 107 Å². The Hall–Kier alpha value is -1.93. The van der Waals surface area contributed by atoms with Gasteiger partial charge in [-0.25, -0.2) is 0 Å². The standard InChI is InChI=1S/C21H34N6O2/c1-16-14-19(23-22-16)21(29)25-8-5-18(6-9-25)27-7-3-4-17(15-27)20(28)26-12-10-24(2)11-13-26/h14,17-18H,3-13,15H2,1-2H3,(H,22,23)/t17-/m1/s1. The monoisotopic (exact) mass is 402 g/mol. The van der Waals surface area contributed by atoms with E-state index in [4.69, 9.17) is 0 Å². The van der Waals surface area contributed by atoms with Crippen molar-refractivity contribution in [2.75, 3.05) is 59.4 Å². The van der Waals surface area contributed by atoms with Gasteiger partial charge in [0.15, 0.2) is 0 Å². The molecule has 0 unspecified atom stereocenters. The number of likely N-dealkylation sites (N-methyl/N-ethyl adjacent to an activating group) is 1. The highest BCUT2D eigenvalue weighted by Gasteiger charge is 2.35. The molecule has 3 fully saturated rings. The molecule has 3 saturated heterocycles. The van der Waals surface area contributed by atoms with Crippen LogP contribution in [0.5, 0.6) is 0 Å². The maximum atomic E-state index is 13.0. The third-order valence-electron chi connectivity index (χ3n) is 6.81. The Labute approximate surface area is 173 Å². The number of hydrogen-bond donors (Lipinski definition) is 1. The van der Waals surface area contributed by atoms with Crippen molar-refractivity contribution in [3.8, 4) is 0 Å². The zero-order valence-corrected chi connectivity index (χ0v) is 17.8. The lowest BCUT2D eigenvalue weighted by molar-refractivity contribution is -0.139. The van der Waals surface area contributed by atoms with Gasteiger partial charge in [-0.2, -0.15) is 5.10 Å². The van der Waals surface area contributed by atoms with Crippen LogP contribution in [0.4, 0.5) is 0 Å². The number of aromatic nitrogens is 2. The number of H-pyrrole nitrogens is 1. The van der Waals surface area contributed by atoms with Crippen LogP contribution in [0.2, 0.25) is 0 Å². The molecule has 4 rings (SSSR count). The molecule has 0 saturated carbocycles. The molecule has 0 aliphatic carbocycles. The number of aromatic amines is 1. The minimum absolute atomic E-state index is 0.0227. The average molecular weight is 403 g/mol. The molecule has 29 heavy (non-hydrogen) atoms. The fraction of sp³-hybridized carbons (Fsp3) is 0.762. The van der Waals surface area contributed by atoms with E-state index in [1.165, 1.54) is 0 Å². The minimum Gasteiger partial charge on any atom is -0.340 e. The van der Waals surface area contributed by atoms with E-state index in [1.54, 1.807) is 0 Å². The highest BCUT2D eigenvalue weighted by Crippen LogP contribution is 2.26. The van der Waals surface area contributed by atoms with Crippen molar-refractivity contribution < 1.29 is 9.59 Å². The van der Waals surface area contributed by atoms with Crippen molar-refractivity contribution >= 4 is 11.8 Å². The molecule has 2 amide bonds. The Kier molecular flexibility index (Phi) is 6.20. The Morgan fingerprint density at radius 2 is 1.72 bits per heavy atom. The van der Waals surface area contributed by atoms with Crippen LogP contribution in [0.25, 0.3) is 0 Å². The topological polar surface area (TPSA) is 75.8 Å². The highest BCUT2D eigenvalue weighted by atomic mass is 16.2. The summed E-state index contributed by atoms with van der Waals surface area (Å²) in [6.07, 6.45) is 4.06. The molecular weight excluding hydrogens is 368 g/mol. The Morgan fingerprint density at radius 3 is 2.38 bits per heavy atom. The summed E-state index contributed by atoms with van der Waals surface area (Å²) in [4.78, 5) is 34.4. The van der Waals surface area contributed by atoms with Crippen LogP contribution in [0.15, 0.2) is 6.07 Å². The van der Waals surface area contributed by atoms with Gasteiger partial charge in [0.25, 0.3) is 5.91 Å². The van der Waals surface area contributed by atoms with Crippen LogP contribution in [0.1, 0.15) is 41.9 Å². The number of nitrogens with one attached hydrogen (secondary N) is 1. The number of piperazine rings is 1. The average Bonchev–Trinajstić information content (AvgIpc) is 3.20. The smallest absolute Gasteiger partial charge is 0.274 e. The van der Waals surface area contributed by atoms with Gasteiger partial charge in [-0.3, -0.25) is 19.6 Å². The number of piperidine rings is 2. The van der Waals surface area contributed by atoms with Gasteiger partial charge in [0, 0.05) is 57.5 Å². The van der Waals surface area contributed by atoms with E-state index in [1.807, 2.05) is 17.9 Å². The molecule has 0 spiro atoms. The van der Waals surface area contributed by atoms with Gasteiger partial charge < -0.3 is 14.7 Å². The van der Waals surface area contributed by atoms with Crippen LogP contribution in [0.3, 0.4) is 0 Å². The maximum Gasteiger partial charge on any atom is 0.274 e. The third-order valence-corrected chi connectivity index (χ3v) is 6.81. The molecule has 1 aromatic heterocycles. The van der Waals surface area contributed by atoms with E-state index in [-0.39, 0.29) is 11.8 Å². The Bertz CT molecular complexity index is 719. The largest absolute Gasteiger partial charge is 0.340 e. The first-order chi connectivity index (χ1) is 14.0. The first kappa shape index (κ1) is 20.3. The highest BCUT2D eigenvalue weighted by molar-refractivity contribution is 5.92. The van der Waals surface area contributed by atoms with Crippen molar-refractivity contribution in [1.82, 2.24) is 29.8 Å². The Balaban J connectivity index is 1.28. The Morgan fingerprint density at radius 1 is 1.00 bits per heavy atom. The molecule has 8 nitrogen and oxygen atoms in total. The lowest BCUT2D eigenvalue weighted by Gasteiger charge is -2.43. The van der Waals surface area contributed by atoms with Crippen LogP contribution >= 0.6 is 0 Å². The number of aryl methyl sites for hydroxylation is 1. The summed E-state index contributed by atoms with van der Waals surface area (Å²) < 4.78 is 0. The lowest BCUT2D eigenvalue weighted by atomic mass is 9.92. The predicted molar refractivity (Wildman–Crippen MR) is 111 cm³/mol. The SMILES string of the molecule is Cc1cc(C(=O)N2CCC(N3CCC[C@@H](C(=O)N4CCN(C)CC4)C3)CC2)n[nH]1. The van der Waals surface area contributed by atoms with Gasteiger partial charge in [-0.05, 0) is 52.3 Å². The van der Waals surface area contributed by atoms with Crippen LogP contribution in [0, 0.1) is 12.8 Å². The molecule has 8 heteroatoms. The summed E-state index contributed by atoms with van der Waals surface area (Å²) in [6, 6.07) is 2.29. The first-order valence-corrected chi connectivity index (χ1v) is 11.0. The molecule has 1 aromatic rings. The fourth-order valence-electron chi connectivity index (χ4n) is 4.95. The number of nitrogens with zero attached hydrogens (tertiary/aromatic N) is 5. The summed E-state index contributed by atoms with van der Waals surface area (Å²) in [5, 5.41) is 6.96. The minimum atomic E-state index is 0.0227. The molecule has 160 valence electrons. The second kappa shape index (κ2) is 8.83. The zero-order chi connectivity index (χ0) is 20.4. The second-order valence-corrected chi connectivity index (χ2v) is 8.92. The van der Waals surface area contributed by atoms with E-state index >= 15 is 0 Å². The molecule has 0 radical (unpaired) electrons. The summed E-state index contributed by atoms with van der Waals surface area (Å²) >= 11 is 0. The molecule has 1 N–H and O–H groups in total. The van der Waals surface area contributed by atoms with Crippen molar-refractivity contribution in [3.05, 3.63) is 17.5 Å². The van der Waals surface area contributed by atoms with E-state index in [0.717, 1.165) is 83.7 Å². The van der Waals surface area contributed by atoms with E-state index in [9.17, 15) is 9.59 Å². The van der Waals surface area contributed by atoms with Crippen LogP contribution in [-0.2, 0) is 4.79 Å². The van der Waals surface area contributed by atoms with Gasteiger partial charge >= 0.3 is 0 Å². The predicted octanol–water partition coefficient (Wildman–Crippen LogP) is 0.809. The number of carbonyl (C=O) groups is 2. The number of rotatable bonds is 3. The first-order valence-electron chi connectivity index (χ1n) is 11.0. The van der Waals surface area contributed by atoms with Gasteiger partial charge in [0.1, 0.15) is 5.69 Å².